The molecule has 0 amide bonds. The lowest BCUT2D eigenvalue weighted by molar-refractivity contribution is -0.0534. The van der Waals surface area contributed by atoms with Crippen LogP contribution in [0.1, 0.15) is 19.7 Å². The highest BCUT2D eigenvalue weighted by Crippen LogP contribution is 2.23. The lowest BCUT2D eigenvalue weighted by atomic mass is 10.2. The van der Waals surface area contributed by atoms with Gasteiger partial charge in [0, 0.05) is 12.6 Å². The van der Waals surface area contributed by atoms with Crippen molar-refractivity contribution in [2.24, 2.45) is 0 Å². The zero-order valence-electron chi connectivity index (χ0n) is 11.2. The van der Waals surface area contributed by atoms with Crippen molar-refractivity contribution in [3.05, 3.63) is 17.3 Å². The van der Waals surface area contributed by atoms with Gasteiger partial charge in [-0.2, -0.15) is 0 Å². The second kappa shape index (κ2) is 5.03. The van der Waals surface area contributed by atoms with Gasteiger partial charge in [0.05, 0.1) is 24.6 Å². The maximum atomic E-state index is 5.98. The smallest absolute Gasteiger partial charge is 0.146 e. The van der Waals surface area contributed by atoms with E-state index in [0.29, 0.717) is 11.9 Å². The molecule has 3 heterocycles. The van der Waals surface area contributed by atoms with Crippen LogP contribution in [0.15, 0.2) is 11.4 Å². The highest BCUT2D eigenvalue weighted by Gasteiger charge is 2.24. The molecule has 2 atom stereocenters. The van der Waals surface area contributed by atoms with Gasteiger partial charge in [-0.15, -0.1) is 11.3 Å². The molecule has 0 aromatic carbocycles. The number of nitrogen functional groups attached to an aromatic ring is 1. The fourth-order valence-corrected chi connectivity index (χ4v) is 3.16. The quantitative estimate of drug-likeness (QED) is 0.908. The molecule has 0 bridgehead atoms. The number of aromatic nitrogens is 2. The van der Waals surface area contributed by atoms with E-state index in [-0.39, 0.29) is 6.10 Å². The van der Waals surface area contributed by atoms with E-state index in [1.54, 1.807) is 11.3 Å². The first-order valence-corrected chi connectivity index (χ1v) is 7.36. The van der Waals surface area contributed by atoms with E-state index < -0.39 is 0 Å². The zero-order valence-corrected chi connectivity index (χ0v) is 12.0. The average Bonchev–Trinajstić information content (AvgIpc) is 2.82. The molecule has 2 aromatic heterocycles. The highest BCUT2D eigenvalue weighted by atomic mass is 32.1. The van der Waals surface area contributed by atoms with Crippen LogP contribution in [0, 0.1) is 0 Å². The van der Waals surface area contributed by atoms with E-state index in [1.165, 1.54) is 0 Å². The molecule has 2 unspecified atom stereocenters. The Balaban J connectivity index is 1.84. The van der Waals surface area contributed by atoms with Gasteiger partial charge < -0.3 is 10.5 Å². The first-order chi connectivity index (χ1) is 9.13. The lowest BCUT2D eigenvalue weighted by Crippen LogP contribution is -2.46. The summed E-state index contributed by atoms with van der Waals surface area (Å²) in [5.74, 6) is 1.38. The van der Waals surface area contributed by atoms with Crippen molar-refractivity contribution >= 4 is 27.4 Å². The predicted molar refractivity (Wildman–Crippen MR) is 77.1 cm³/mol. The molecule has 1 aliphatic heterocycles. The summed E-state index contributed by atoms with van der Waals surface area (Å²) in [6.45, 7) is 6.66. The monoisotopic (exact) mass is 278 g/mol. The third-order valence-corrected chi connectivity index (χ3v) is 4.29. The first kappa shape index (κ1) is 12.8. The number of nitrogens with zero attached hydrogens (tertiary/aromatic N) is 3. The molecular formula is C13H18N4OS. The third-order valence-electron chi connectivity index (χ3n) is 3.48. The minimum atomic E-state index is 0.263. The minimum Gasteiger partial charge on any atom is -0.383 e. The van der Waals surface area contributed by atoms with Crippen molar-refractivity contribution in [3.8, 4) is 0 Å². The van der Waals surface area contributed by atoms with E-state index >= 15 is 0 Å². The summed E-state index contributed by atoms with van der Waals surface area (Å²) in [6.07, 6.45) is 0.263. The van der Waals surface area contributed by atoms with E-state index in [0.717, 1.165) is 35.7 Å². The van der Waals surface area contributed by atoms with Gasteiger partial charge in [0.15, 0.2) is 0 Å². The van der Waals surface area contributed by atoms with E-state index in [1.807, 2.05) is 11.4 Å². The van der Waals surface area contributed by atoms with Gasteiger partial charge in [-0.1, -0.05) is 0 Å². The highest BCUT2D eigenvalue weighted by molar-refractivity contribution is 7.16. The molecule has 5 nitrogen and oxygen atoms in total. The lowest BCUT2D eigenvalue weighted by Gasteiger charge is -2.36. The van der Waals surface area contributed by atoms with Gasteiger partial charge in [0.2, 0.25) is 0 Å². The number of rotatable bonds is 2. The minimum absolute atomic E-state index is 0.263. The summed E-state index contributed by atoms with van der Waals surface area (Å²) in [5.41, 5.74) is 5.98. The van der Waals surface area contributed by atoms with Crippen molar-refractivity contribution in [3.63, 3.8) is 0 Å². The normalized spacial score (nSPS) is 24.9. The molecule has 0 spiro atoms. The third kappa shape index (κ3) is 2.56. The van der Waals surface area contributed by atoms with Crippen molar-refractivity contribution in [1.82, 2.24) is 14.9 Å². The Labute approximate surface area is 116 Å². The van der Waals surface area contributed by atoms with Crippen LogP contribution in [-0.2, 0) is 11.3 Å². The molecule has 6 heteroatoms. The Hall–Kier alpha value is -1.24. The Kier molecular flexibility index (Phi) is 3.38. The Morgan fingerprint density at radius 3 is 3.16 bits per heavy atom. The maximum absolute atomic E-state index is 5.98. The van der Waals surface area contributed by atoms with Crippen LogP contribution in [0.25, 0.3) is 10.2 Å². The summed E-state index contributed by atoms with van der Waals surface area (Å²) < 4.78 is 5.63. The fraction of sp³-hybridized carbons (Fsp3) is 0.538. The molecule has 1 saturated heterocycles. The molecule has 1 aliphatic rings. The molecule has 1 fully saturated rings. The van der Waals surface area contributed by atoms with Crippen molar-refractivity contribution in [1.29, 1.82) is 0 Å². The van der Waals surface area contributed by atoms with Gasteiger partial charge in [0.25, 0.3) is 0 Å². The molecule has 102 valence electrons. The van der Waals surface area contributed by atoms with Gasteiger partial charge in [0.1, 0.15) is 16.5 Å². The number of thiophene rings is 1. The second-order valence-corrected chi connectivity index (χ2v) is 5.98. The Morgan fingerprint density at radius 1 is 1.47 bits per heavy atom. The van der Waals surface area contributed by atoms with Gasteiger partial charge in [-0.3, -0.25) is 4.90 Å². The molecule has 2 aromatic rings. The van der Waals surface area contributed by atoms with Gasteiger partial charge >= 0.3 is 0 Å². The average molecular weight is 278 g/mol. The Bertz CT molecular complexity index is 585. The van der Waals surface area contributed by atoms with Crippen molar-refractivity contribution < 1.29 is 4.74 Å². The van der Waals surface area contributed by atoms with Crippen LogP contribution in [0.4, 0.5) is 5.82 Å². The second-order valence-electron chi connectivity index (χ2n) is 5.09. The van der Waals surface area contributed by atoms with Crippen molar-refractivity contribution in [2.75, 3.05) is 18.9 Å². The molecule has 19 heavy (non-hydrogen) atoms. The number of anilines is 1. The number of hydrogen-bond donors (Lipinski definition) is 1. The van der Waals surface area contributed by atoms with Crippen LogP contribution >= 0.6 is 11.3 Å². The largest absolute Gasteiger partial charge is 0.383 e. The summed E-state index contributed by atoms with van der Waals surface area (Å²) in [7, 11) is 0. The zero-order chi connectivity index (χ0) is 13.4. The van der Waals surface area contributed by atoms with E-state index in [4.69, 9.17) is 10.5 Å². The molecule has 0 radical (unpaired) electrons. The van der Waals surface area contributed by atoms with Crippen LogP contribution in [0.3, 0.4) is 0 Å². The van der Waals surface area contributed by atoms with Crippen LogP contribution < -0.4 is 5.73 Å². The molecule has 3 rings (SSSR count). The molecule has 0 aliphatic carbocycles. The topological polar surface area (TPSA) is 64.3 Å². The van der Waals surface area contributed by atoms with Crippen LogP contribution in [0.2, 0.25) is 0 Å². The predicted octanol–water partition coefficient (Wildman–Crippen LogP) is 1.88. The molecular weight excluding hydrogens is 260 g/mol. The number of fused-ring (bicyclic) bond motifs is 1. The summed E-state index contributed by atoms with van der Waals surface area (Å²) in [5, 5.41) is 2.95. The summed E-state index contributed by atoms with van der Waals surface area (Å²) in [6, 6.07) is 2.36. The molecule has 0 saturated carbocycles. The maximum Gasteiger partial charge on any atom is 0.146 e. The van der Waals surface area contributed by atoms with Crippen LogP contribution in [0.5, 0.6) is 0 Å². The molecule has 2 N–H and O–H groups in total. The number of ether oxygens (including phenoxy) is 1. The van der Waals surface area contributed by atoms with Crippen LogP contribution in [-0.4, -0.2) is 40.2 Å². The fourth-order valence-electron chi connectivity index (χ4n) is 2.37. The van der Waals surface area contributed by atoms with Gasteiger partial charge in [-0.05, 0) is 25.3 Å². The van der Waals surface area contributed by atoms with E-state index in [9.17, 15) is 0 Å². The number of hydrogen-bond acceptors (Lipinski definition) is 6. The number of nitrogens with two attached hydrogens (primary N) is 1. The number of morpholine rings is 1. The summed E-state index contributed by atoms with van der Waals surface area (Å²) >= 11 is 1.60. The first-order valence-electron chi connectivity index (χ1n) is 6.48. The van der Waals surface area contributed by atoms with Gasteiger partial charge in [-0.25, -0.2) is 9.97 Å². The SMILES string of the molecule is CC1CN(Cc2nc(N)c3ccsc3n2)C(C)CO1. The standard InChI is InChI=1S/C13H18N4OS/c1-8-7-18-9(2)5-17(8)6-11-15-12(14)10-3-4-19-13(10)16-11/h3-4,8-9H,5-7H2,1-2H3,(H2,14,15,16). The Morgan fingerprint density at radius 2 is 2.32 bits per heavy atom. The van der Waals surface area contributed by atoms with E-state index in [2.05, 4.69) is 28.7 Å². The summed E-state index contributed by atoms with van der Waals surface area (Å²) in [4.78, 5) is 12.3. The van der Waals surface area contributed by atoms with Crippen molar-refractivity contribution in [2.45, 2.75) is 32.5 Å².